The molecule has 2 aromatic carbocycles. The van der Waals surface area contributed by atoms with Crippen LogP contribution in [0, 0.1) is 17.7 Å². The molecular formula is C31H33FN6O2. The molecule has 0 saturated carbocycles. The third-order valence-corrected chi connectivity index (χ3v) is 7.61. The van der Waals surface area contributed by atoms with Gasteiger partial charge in [0.05, 0.1) is 29.8 Å². The summed E-state index contributed by atoms with van der Waals surface area (Å²) in [5.74, 6) is 4.69. The molecule has 1 fully saturated rings. The Kier molecular flexibility index (Phi) is 7.32. The number of fused-ring (bicyclic) bond motifs is 1. The molecule has 0 aliphatic carbocycles. The van der Waals surface area contributed by atoms with Crippen LogP contribution in [0.3, 0.4) is 0 Å². The van der Waals surface area contributed by atoms with Crippen LogP contribution < -0.4 is 11.1 Å². The van der Waals surface area contributed by atoms with Gasteiger partial charge in [0.1, 0.15) is 23.6 Å². The van der Waals surface area contributed by atoms with Gasteiger partial charge in [-0.2, -0.15) is 0 Å². The summed E-state index contributed by atoms with van der Waals surface area (Å²) >= 11 is 0. The van der Waals surface area contributed by atoms with Crippen molar-refractivity contribution in [2.24, 2.45) is 7.05 Å². The van der Waals surface area contributed by atoms with E-state index < -0.39 is 5.54 Å². The zero-order chi connectivity index (χ0) is 28.6. The fraction of sp³-hybridized carbons (Fsp3) is 0.323. The van der Waals surface area contributed by atoms with Crippen LogP contribution >= 0.6 is 0 Å². The molecule has 0 spiro atoms. The van der Waals surface area contributed by atoms with E-state index in [0.29, 0.717) is 46.9 Å². The number of nitrogens with zero attached hydrogens (tertiary/aromatic N) is 4. The molecule has 206 valence electrons. The molecule has 5 rings (SSSR count). The molecule has 4 aromatic rings. The van der Waals surface area contributed by atoms with Gasteiger partial charge in [0, 0.05) is 29.9 Å². The average Bonchev–Trinajstić information content (AvgIpc) is 3.20. The van der Waals surface area contributed by atoms with Crippen molar-refractivity contribution in [3.05, 3.63) is 60.2 Å². The van der Waals surface area contributed by atoms with Crippen LogP contribution in [0.25, 0.3) is 33.4 Å². The van der Waals surface area contributed by atoms with Crippen LogP contribution in [-0.4, -0.2) is 51.1 Å². The number of nitrogens with one attached hydrogen (secondary N) is 1. The standard InChI is InChI=1S/C31H33FN6O2/c1-6-8-25(39)36-22-12-9-20(10-13-22)28-26(27-29(33)34-18-35-30(27)37(28)5)21-11-14-23(24(32)15-21)31(16-40-17-31)38(7-2)19(3)4/h9-15,18-19H,7,16-17H2,1-5H3,(H,36,39)(H2,33,34,35). The Morgan fingerprint density at radius 3 is 2.48 bits per heavy atom. The zero-order valence-corrected chi connectivity index (χ0v) is 23.4. The molecule has 9 heteroatoms. The number of hydrogen-bond acceptors (Lipinski definition) is 6. The molecule has 40 heavy (non-hydrogen) atoms. The summed E-state index contributed by atoms with van der Waals surface area (Å²) in [7, 11) is 1.90. The number of ether oxygens (including phenoxy) is 1. The Balaban J connectivity index is 1.65. The van der Waals surface area contributed by atoms with E-state index in [1.54, 1.807) is 25.1 Å². The molecule has 3 heterocycles. The highest BCUT2D eigenvalue weighted by Gasteiger charge is 2.47. The largest absolute Gasteiger partial charge is 0.383 e. The highest BCUT2D eigenvalue weighted by atomic mass is 19.1. The van der Waals surface area contributed by atoms with Gasteiger partial charge >= 0.3 is 0 Å². The van der Waals surface area contributed by atoms with E-state index in [2.05, 4.69) is 52.8 Å². The lowest BCUT2D eigenvalue weighted by molar-refractivity contribution is -0.156. The molecule has 3 N–H and O–H groups in total. The number of likely N-dealkylation sites (N-methyl/N-ethyl adjacent to an activating group) is 1. The lowest BCUT2D eigenvalue weighted by Crippen LogP contribution is -2.61. The number of halogens is 1. The third-order valence-electron chi connectivity index (χ3n) is 7.61. The lowest BCUT2D eigenvalue weighted by Gasteiger charge is -2.51. The Morgan fingerprint density at radius 1 is 1.20 bits per heavy atom. The molecule has 0 bridgehead atoms. The Morgan fingerprint density at radius 2 is 1.90 bits per heavy atom. The number of benzene rings is 2. The van der Waals surface area contributed by atoms with Crippen molar-refractivity contribution < 1.29 is 13.9 Å². The van der Waals surface area contributed by atoms with E-state index in [-0.39, 0.29) is 17.8 Å². The van der Waals surface area contributed by atoms with Crippen LogP contribution in [0.1, 0.15) is 33.3 Å². The normalized spacial score (nSPS) is 14.2. The number of hydrogen-bond donors (Lipinski definition) is 2. The highest BCUT2D eigenvalue weighted by Crippen LogP contribution is 2.44. The third kappa shape index (κ3) is 4.49. The van der Waals surface area contributed by atoms with E-state index in [9.17, 15) is 4.79 Å². The summed E-state index contributed by atoms with van der Waals surface area (Å²) in [6.45, 7) is 9.61. The van der Waals surface area contributed by atoms with Gasteiger partial charge in [-0.1, -0.05) is 37.1 Å². The van der Waals surface area contributed by atoms with Gasteiger partial charge in [-0.3, -0.25) is 9.69 Å². The molecule has 1 saturated heterocycles. The summed E-state index contributed by atoms with van der Waals surface area (Å²) in [4.78, 5) is 22.9. The Hall–Kier alpha value is -4.26. The maximum atomic E-state index is 16.1. The number of aryl methyl sites for hydroxylation is 1. The van der Waals surface area contributed by atoms with Gasteiger partial charge in [0.25, 0.3) is 5.91 Å². The smallest absolute Gasteiger partial charge is 0.300 e. The van der Waals surface area contributed by atoms with Gasteiger partial charge in [0.2, 0.25) is 0 Å². The van der Waals surface area contributed by atoms with Crippen molar-refractivity contribution >= 4 is 28.4 Å². The number of nitrogen functional groups attached to an aromatic ring is 1. The molecule has 1 aliphatic heterocycles. The summed E-state index contributed by atoms with van der Waals surface area (Å²) in [5.41, 5.74) is 10.8. The minimum Gasteiger partial charge on any atom is -0.383 e. The fourth-order valence-electron chi connectivity index (χ4n) is 5.86. The van der Waals surface area contributed by atoms with Crippen LogP contribution in [0.4, 0.5) is 15.9 Å². The van der Waals surface area contributed by atoms with E-state index in [0.717, 1.165) is 23.4 Å². The highest BCUT2D eigenvalue weighted by molar-refractivity contribution is 6.08. The molecule has 0 unspecified atom stereocenters. The Bertz CT molecular complexity index is 1640. The molecule has 8 nitrogen and oxygen atoms in total. The predicted octanol–water partition coefficient (Wildman–Crippen LogP) is 4.94. The number of aromatic nitrogens is 3. The first-order valence-corrected chi connectivity index (χ1v) is 13.3. The topological polar surface area (TPSA) is 98.3 Å². The number of rotatable bonds is 7. The number of amides is 1. The number of anilines is 2. The summed E-state index contributed by atoms with van der Waals surface area (Å²) in [6.07, 6.45) is 1.42. The zero-order valence-electron chi connectivity index (χ0n) is 23.4. The van der Waals surface area contributed by atoms with Crippen LogP contribution in [0.2, 0.25) is 0 Å². The minimum absolute atomic E-state index is 0.233. The van der Waals surface area contributed by atoms with Gasteiger partial charge in [-0.15, -0.1) is 0 Å². The molecule has 0 atom stereocenters. The molecule has 1 aliphatic rings. The lowest BCUT2D eigenvalue weighted by atomic mass is 9.83. The maximum absolute atomic E-state index is 16.1. The fourth-order valence-corrected chi connectivity index (χ4v) is 5.86. The number of nitrogens with two attached hydrogens (primary N) is 1. The second-order valence-electron chi connectivity index (χ2n) is 10.2. The molecule has 2 aromatic heterocycles. The number of carbonyl (C=O) groups is 1. The summed E-state index contributed by atoms with van der Waals surface area (Å²) in [5, 5.41) is 3.41. The quantitative estimate of drug-likeness (QED) is 0.322. The SMILES string of the molecule is CC#CC(=O)Nc1ccc(-c2c(-c3ccc(C4(N(CC)C(C)C)COC4)c(F)c3)c3c(N)ncnc3n2C)cc1. The van der Waals surface area contributed by atoms with Crippen molar-refractivity contribution in [1.82, 2.24) is 19.4 Å². The second-order valence-corrected chi connectivity index (χ2v) is 10.2. The van der Waals surface area contributed by atoms with E-state index in [1.165, 1.54) is 6.33 Å². The monoisotopic (exact) mass is 540 g/mol. The van der Waals surface area contributed by atoms with Gasteiger partial charge in [-0.25, -0.2) is 14.4 Å². The van der Waals surface area contributed by atoms with Crippen molar-refractivity contribution in [2.45, 2.75) is 39.3 Å². The van der Waals surface area contributed by atoms with Crippen molar-refractivity contribution in [3.63, 3.8) is 0 Å². The van der Waals surface area contributed by atoms with E-state index >= 15 is 4.39 Å². The van der Waals surface area contributed by atoms with Gasteiger partial charge < -0.3 is 20.4 Å². The number of carbonyl (C=O) groups excluding carboxylic acids is 1. The van der Waals surface area contributed by atoms with Crippen LogP contribution in [0.5, 0.6) is 0 Å². The van der Waals surface area contributed by atoms with Gasteiger partial charge in [-0.05, 0) is 62.6 Å². The van der Waals surface area contributed by atoms with Crippen LogP contribution in [0.15, 0.2) is 48.8 Å². The van der Waals surface area contributed by atoms with Crippen LogP contribution in [-0.2, 0) is 22.1 Å². The van der Waals surface area contributed by atoms with Crippen molar-refractivity contribution in [1.29, 1.82) is 0 Å². The summed E-state index contributed by atoms with van der Waals surface area (Å²) in [6, 6.07) is 13.0. The summed E-state index contributed by atoms with van der Waals surface area (Å²) < 4.78 is 23.6. The first kappa shape index (κ1) is 27.3. The first-order chi connectivity index (χ1) is 19.2. The minimum atomic E-state index is -0.502. The maximum Gasteiger partial charge on any atom is 0.300 e. The molecular weight excluding hydrogens is 507 g/mol. The Labute approximate surface area is 233 Å². The van der Waals surface area contributed by atoms with Gasteiger partial charge in [0.15, 0.2) is 0 Å². The molecule has 0 radical (unpaired) electrons. The van der Waals surface area contributed by atoms with Crippen molar-refractivity contribution in [2.75, 3.05) is 30.8 Å². The van der Waals surface area contributed by atoms with E-state index in [1.807, 2.05) is 35.9 Å². The predicted molar refractivity (Wildman–Crippen MR) is 156 cm³/mol. The average molecular weight is 541 g/mol. The van der Waals surface area contributed by atoms with Crippen molar-refractivity contribution in [3.8, 4) is 34.2 Å². The van der Waals surface area contributed by atoms with E-state index in [4.69, 9.17) is 10.5 Å². The first-order valence-electron chi connectivity index (χ1n) is 13.3. The molecule has 1 amide bonds. The second kappa shape index (κ2) is 10.7.